The van der Waals surface area contributed by atoms with Crippen molar-refractivity contribution in [1.29, 1.82) is 0 Å². The van der Waals surface area contributed by atoms with Gasteiger partial charge in [-0.15, -0.1) is 0 Å². The summed E-state index contributed by atoms with van der Waals surface area (Å²) in [5.74, 6) is 0. The van der Waals surface area contributed by atoms with Crippen molar-refractivity contribution in [2.75, 3.05) is 0 Å². The minimum Gasteiger partial charge on any atom is -0.385 e. The molecule has 0 bridgehead atoms. The molecule has 1 nitrogen and oxygen atoms in total. The highest BCUT2D eigenvalue weighted by molar-refractivity contribution is 9.10. The Hall–Kier alpha value is -0.0500. The molecule has 1 aliphatic carbocycles. The van der Waals surface area contributed by atoms with Crippen LogP contribution in [0.3, 0.4) is 0 Å². The summed E-state index contributed by atoms with van der Waals surface area (Å²) >= 11 is 9.27. The first kappa shape index (κ1) is 9.50. The molecule has 0 saturated heterocycles. The molecule has 0 amide bonds. The third kappa shape index (κ3) is 1.63. The van der Waals surface area contributed by atoms with E-state index in [1.807, 2.05) is 18.2 Å². The highest BCUT2D eigenvalue weighted by atomic mass is 79.9. The van der Waals surface area contributed by atoms with Gasteiger partial charge in [0.25, 0.3) is 0 Å². The van der Waals surface area contributed by atoms with Crippen LogP contribution in [0.4, 0.5) is 0 Å². The van der Waals surface area contributed by atoms with Crippen LogP contribution in [-0.4, -0.2) is 5.11 Å². The summed E-state index contributed by atoms with van der Waals surface area (Å²) in [6, 6.07) is 5.65. The number of hydrogen-bond acceptors (Lipinski definition) is 1. The van der Waals surface area contributed by atoms with Crippen molar-refractivity contribution >= 4 is 27.5 Å². The van der Waals surface area contributed by atoms with Crippen LogP contribution in [0, 0.1) is 0 Å². The summed E-state index contributed by atoms with van der Waals surface area (Å²) in [7, 11) is 0. The smallest absolute Gasteiger partial charge is 0.0897 e. The van der Waals surface area contributed by atoms with Crippen molar-refractivity contribution < 1.29 is 5.11 Å². The van der Waals surface area contributed by atoms with E-state index in [9.17, 15) is 5.11 Å². The number of halogens is 2. The predicted molar refractivity (Wildman–Crippen MR) is 56.9 cm³/mol. The van der Waals surface area contributed by atoms with Gasteiger partial charge in [-0.25, -0.2) is 0 Å². The Morgan fingerprint density at radius 3 is 2.54 bits per heavy atom. The van der Waals surface area contributed by atoms with E-state index in [4.69, 9.17) is 11.6 Å². The van der Waals surface area contributed by atoms with Crippen LogP contribution < -0.4 is 0 Å². The molecule has 0 aromatic heterocycles. The van der Waals surface area contributed by atoms with Crippen LogP contribution in [0.1, 0.15) is 24.8 Å². The van der Waals surface area contributed by atoms with Crippen LogP contribution in [-0.2, 0) is 5.60 Å². The summed E-state index contributed by atoms with van der Waals surface area (Å²) in [5, 5.41) is 10.7. The largest absolute Gasteiger partial charge is 0.385 e. The van der Waals surface area contributed by atoms with Crippen molar-refractivity contribution in [3.63, 3.8) is 0 Å². The van der Waals surface area contributed by atoms with Crippen LogP contribution in [0.5, 0.6) is 0 Å². The Kier molecular flexibility index (Phi) is 2.39. The molecule has 13 heavy (non-hydrogen) atoms. The monoisotopic (exact) mass is 260 g/mol. The fraction of sp³-hybridized carbons (Fsp3) is 0.400. The van der Waals surface area contributed by atoms with Gasteiger partial charge < -0.3 is 5.11 Å². The summed E-state index contributed by atoms with van der Waals surface area (Å²) in [6.45, 7) is 0. The fourth-order valence-corrected chi connectivity index (χ4v) is 2.01. The summed E-state index contributed by atoms with van der Waals surface area (Å²) < 4.78 is 0.876. The Balaban J connectivity index is 2.36. The molecule has 0 heterocycles. The molecular weight excluding hydrogens is 251 g/mol. The zero-order valence-corrected chi connectivity index (χ0v) is 9.40. The Morgan fingerprint density at radius 1 is 1.38 bits per heavy atom. The van der Waals surface area contributed by atoms with Crippen LogP contribution in [0.2, 0.25) is 5.02 Å². The van der Waals surface area contributed by atoms with E-state index in [0.717, 1.165) is 29.3 Å². The van der Waals surface area contributed by atoms with E-state index in [1.165, 1.54) is 0 Å². The standard InChI is InChI=1S/C10H10BrClO/c11-8-3-2-7(6-9(8)12)10(13)4-1-5-10/h2-3,6,13H,1,4-5H2. The quantitative estimate of drug-likeness (QED) is 0.821. The predicted octanol–water partition coefficient (Wildman–Crippen LogP) is 3.47. The van der Waals surface area contributed by atoms with Crippen molar-refractivity contribution in [2.24, 2.45) is 0 Å². The van der Waals surface area contributed by atoms with Crippen molar-refractivity contribution in [2.45, 2.75) is 24.9 Å². The van der Waals surface area contributed by atoms with Crippen LogP contribution in [0.25, 0.3) is 0 Å². The molecule has 1 aliphatic rings. The molecule has 3 heteroatoms. The topological polar surface area (TPSA) is 20.2 Å². The zero-order chi connectivity index (χ0) is 9.47. The number of rotatable bonds is 1. The average molecular weight is 262 g/mol. The first-order valence-corrected chi connectivity index (χ1v) is 5.47. The first-order valence-electron chi connectivity index (χ1n) is 4.30. The molecule has 1 saturated carbocycles. The molecule has 0 atom stereocenters. The van der Waals surface area contributed by atoms with E-state index in [0.29, 0.717) is 5.02 Å². The van der Waals surface area contributed by atoms with E-state index < -0.39 is 5.60 Å². The highest BCUT2D eigenvalue weighted by Gasteiger charge is 2.36. The van der Waals surface area contributed by atoms with E-state index in [1.54, 1.807) is 0 Å². The molecule has 1 N–H and O–H groups in total. The maximum atomic E-state index is 10.0. The summed E-state index contributed by atoms with van der Waals surface area (Å²) in [6.07, 6.45) is 2.81. The molecule has 1 aromatic carbocycles. The van der Waals surface area contributed by atoms with Gasteiger partial charge in [-0.3, -0.25) is 0 Å². The number of hydrogen-bond donors (Lipinski definition) is 1. The van der Waals surface area contributed by atoms with Crippen LogP contribution >= 0.6 is 27.5 Å². The Morgan fingerprint density at radius 2 is 2.08 bits per heavy atom. The maximum absolute atomic E-state index is 10.0. The minimum atomic E-state index is -0.607. The molecule has 0 radical (unpaired) electrons. The summed E-state index contributed by atoms with van der Waals surface area (Å²) in [4.78, 5) is 0. The van der Waals surface area contributed by atoms with Crippen LogP contribution in [0.15, 0.2) is 22.7 Å². The van der Waals surface area contributed by atoms with Gasteiger partial charge >= 0.3 is 0 Å². The molecule has 70 valence electrons. The van der Waals surface area contributed by atoms with Gasteiger partial charge in [-0.1, -0.05) is 17.7 Å². The van der Waals surface area contributed by atoms with Gasteiger partial charge in [0, 0.05) is 4.47 Å². The lowest BCUT2D eigenvalue weighted by atomic mass is 9.75. The lowest BCUT2D eigenvalue weighted by Gasteiger charge is -2.37. The zero-order valence-electron chi connectivity index (χ0n) is 7.06. The molecular formula is C10H10BrClO. The summed E-state index contributed by atoms with van der Waals surface area (Å²) in [5.41, 5.74) is 0.330. The van der Waals surface area contributed by atoms with Crippen molar-refractivity contribution in [1.82, 2.24) is 0 Å². The Labute approximate surface area is 90.9 Å². The van der Waals surface area contributed by atoms with Gasteiger partial charge in [0.2, 0.25) is 0 Å². The number of aliphatic hydroxyl groups is 1. The van der Waals surface area contributed by atoms with E-state index in [-0.39, 0.29) is 0 Å². The lowest BCUT2D eigenvalue weighted by Crippen LogP contribution is -2.33. The molecule has 0 aliphatic heterocycles. The molecule has 2 rings (SSSR count). The highest BCUT2D eigenvalue weighted by Crippen LogP contribution is 2.42. The third-order valence-electron chi connectivity index (χ3n) is 2.64. The molecule has 0 unspecified atom stereocenters. The Bertz CT molecular complexity index is 334. The van der Waals surface area contributed by atoms with Gasteiger partial charge in [-0.2, -0.15) is 0 Å². The van der Waals surface area contributed by atoms with Crippen molar-refractivity contribution in [3.8, 4) is 0 Å². The van der Waals surface area contributed by atoms with E-state index in [2.05, 4.69) is 15.9 Å². The normalized spacial score (nSPS) is 19.6. The second kappa shape index (κ2) is 3.26. The minimum absolute atomic E-state index is 0.607. The van der Waals surface area contributed by atoms with E-state index >= 15 is 0 Å². The average Bonchev–Trinajstić information content (AvgIpc) is 2.06. The first-order chi connectivity index (χ1) is 6.12. The molecule has 1 aromatic rings. The lowest BCUT2D eigenvalue weighted by molar-refractivity contribution is -0.0387. The second-order valence-corrected chi connectivity index (χ2v) is 4.78. The number of benzene rings is 1. The SMILES string of the molecule is OC1(c2ccc(Br)c(Cl)c2)CCC1. The van der Waals surface area contributed by atoms with Gasteiger partial charge in [-0.05, 0) is 52.9 Å². The molecule has 1 fully saturated rings. The maximum Gasteiger partial charge on any atom is 0.0897 e. The van der Waals surface area contributed by atoms with Crippen molar-refractivity contribution in [3.05, 3.63) is 33.3 Å². The second-order valence-electron chi connectivity index (χ2n) is 3.51. The van der Waals surface area contributed by atoms with Gasteiger partial charge in [0.15, 0.2) is 0 Å². The molecule has 0 spiro atoms. The third-order valence-corrected chi connectivity index (χ3v) is 3.87. The van der Waals surface area contributed by atoms with Gasteiger partial charge in [0.1, 0.15) is 0 Å². The van der Waals surface area contributed by atoms with Gasteiger partial charge in [0.05, 0.1) is 10.6 Å². The fourth-order valence-electron chi connectivity index (χ4n) is 1.59.